The predicted molar refractivity (Wildman–Crippen MR) is 62.4 cm³/mol. The first-order chi connectivity index (χ1) is 8.29. The molecule has 1 heterocycles. The smallest absolute Gasteiger partial charge is 0.307 e. The van der Waals surface area contributed by atoms with Crippen molar-refractivity contribution in [2.75, 3.05) is 5.32 Å². The lowest BCUT2D eigenvalue weighted by Gasteiger charge is -2.05. The number of anilines is 1. The van der Waals surface area contributed by atoms with E-state index in [0.29, 0.717) is 12.1 Å². The zero-order valence-corrected chi connectivity index (χ0v) is 9.00. The molecule has 0 unspecified atom stereocenters. The Bertz CT molecular complexity index is 537. The topological polar surface area (TPSA) is 70.7 Å². The van der Waals surface area contributed by atoms with E-state index in [0.717, 1.165) is 5.56 Å². The van der Waals surface area contributed by atoms with Crippen LogP contribution < -0.4 is 5.32 Å². The Morgan fingerprint density at radius 2 is 2.18 bits per heavy atom. The number of hydrogen-bond acceptors (Lipinski definition) is 3. The zero-order valence-electron chi connectivity index (χ0n) is 9.00. The molecule has 2 aromatic rings. The first-order valence-corrected chi connectivity index (χ1v) is 5.05. The van der Waals surface area contributed by atoms with Gasteiger partial charge in [-0.25, -0.2) is 9.78 Å². The zero-order chi connectivity index (χ0) is 12.1. The van der Waals surface area contributed by atoms with Gasteiger partial charge >= 0.3 is 6.03 Å². The molecule has 1 amide bonds. The van der Waals surface area contributed by atoms with Crippen molar-refractivity contribution in [1.29, 1.82) is 5.26 Å². The molecule has 1 aromatic carbocycles. The van der Waals surface area contributed by atoms with Gasteiger partial charge in [-0.1, -0.05) is 12.1 Å². The number of carbonyl (C=O) groups excluding carboxylic acids is 1. The van der Waals surface area contributed by atoms with E-state index >= 15 is 0 Å². The fourth-order valence-electron chi connectivity index (χ4n) is 1.36. The summed E-state index contributed by atoms with van der Waals surface area (Å²) >= 11 is 0. The molecule has 0 spiro atoms. The van der Waals surface area contributed by atoms with Gasteiger partial charge in [-0.05, 0) is 17.7 Å². The van der Waals surface area contributed by atoms with Crippen LogP contribution in [0.25, 0.3) is 0 Å². The number of aromatic nitrogens is 2. The van der Waals surface area contributed by atoms with Gasteiger partial charge in [-0.2, -0.15) is 5.26 Å². The first-order valence-electron chi connectivity index (χ1n) is 5.05. The number of amides is 1. The SMILES string of the molecule is N#CCc1ccc(NC(=O)n2ccnc2)cc1. The molecule has 0 bridgehead atoms. The summed E-state index contributed by atoms with van der Waals surface area (Å²) in [4.78, 5) is 15.4. The molecule has 0 saturated carbocycles. The van der Waals surface area contributed by atoms with Gasteiger partial charge in [0, 0.05) is 18.1 Å². The van der Waals surface area contributed by atoms with Crippen LogP contribution in [0.1, 0.15) is 5.56 Å². The van der Waals surface area contributed by atoms with E-state index in [1.54, 1.807) is 18.3 Å². The normalized spacial score (nSPS) is 9.59. The van der Waals surface area contributed by atoms with Crippen molar-refractivity contribution in [3.8, 4) is 6.07 Å². The maximum absolute atomic E-state index is 11.6. The van der Waals surface area contributed by atoms with Gasteiger partial charge in [0.1, 0.15) is 6.33 Å². The molecule has 17 heavy (non-hydrogen) atoms. The van der Waals surface area contributed by atoms with E-state index in [-0.39, 0.29) is 6.03 Å². The maximum atomic E-state index is 11.6. The standard InChI is InChI=1S/C12H10N4O/c13-6-5-10-1-3-11(4-2-10)15-12(17)16-8-7-14-9-16/h1-4,7-9H,5H2,(H,15,17). The summed E-state index contributed by atoms with van der Waals surface area (Å²) in [6, 6.07) is 8.95. The average Bonchev–Trinajstić information content (AvgIpc) is 2.86. The molecular formula is C12H10N4O. The molecule has 0 saturated heterocycles. The lowest BCUT2D eigenvalue weighted by molar-refractivity contribution is 0.253. The molecule has 0 aliphatic rings. The van der Waals surface area contributed by atoms with Gasteiger partial charge in [0.2, 0.25) is 0 Å². The van der Waals surface area contributed by atoms with E-state index in [1.807, 2.05) is 12.1 Å². The minimum Gasteiger partial charge on any atom is -0.307 e. The van der Waals surface area contributed by atoms with Gasteiger partial charge in [-0.15, -0.1) is 0 Å². The van der Waals surface area contributed by atoms with E-state index in [4.69, 9.17) is 5.26 Å². The summed E-state index contributed by atoms with van der Waals surface area (Å²) in [5.74, 6) is 0. The van der Waals surface area contributed by atoms with Crippen LogP contribution in [0.4, 0.5) is 10.5 Å². The third-order valence-electron chi connectivity index (χ3n) is 2.23. The van der Waals surface area contributed by atoms with Gasteiger partial charge in [0.25, 0.3) is 0 Å². The van der Waals surface area contributed by atoms with Gasteiger partial charge in [0.05, 0.1) is 12.5 Å². The molecule has 0 aliphatic carbocycles. The second-order valence-corrected chi connectivity index (χ2v) is 3.43. The average molecular weight is 226 g/mol. The number of carbonyl (C=O) groups is 1. The van der Waals surface area contributed by atoms with Crippen LogP contribution in [0.15, 0.2) is 43.0 Å². The monoisotopic (exact) mass is 226 g/mol. The fourth-order valence-corrected chi connectivity index (χ4v) is 1.36. The number of nitrogens with zero attached hydrogens (tertiary/aromatic N) is 3. The highest BCUT2D eigenvalue weighted by molar-refractivity contribution is 5.90. The summed E-state index contributed by atoms with van der Waals surface area (Å²) in [5.41, 5.74) is 1.61. The van der Waals surface area contributed by atoms with Crippen LogP contribution in [0.2, 0.25) is 0 Å². The number of imidazole rings is 1. The Morgan fingerprint density at radius 3 is 2.76 bits per heavy atom. The van der Waals surface area contributed by atoms with Crippen molar-refractivity contribution in [1.82, 2.24) is 9.55 Å². The number of nitriles is 1. The summed E-state index contributed by atoms with van der Waals surface area (Å²) in [7, 11) is 0. The van der Waals surface area contributed by atoms with Crippen LogP contribution in [-0.2, 0) is 6.42 Å². The van der Waals surface area contributed by atoms with Crippen LogP contribution in [0, 0.1) is 11.3 Å². The van der Waals surface area contributed by atoms with Crippen molar-refractivity contribution in [2.24, 2.45) is 0 Å². The third-order valence-corrected chi connectivity index (χ3v) is 2.23. The van der Waals surface area contributed by atoms with E-state index in [2.05, 4.69) is 16.4 Å². The molecule has 2 rings (SSSR count). The number of nitrogens with one attached hydrogen (secondary N) is 1. The third kappa shape index (κ3) is 2.69. The summed E-state index contributed by atoms with van der Waals surface area (Å²) in [6.45, 7) is 0. The van der Waals surface area contributed by atoms with Crippen molar-refractivity contribution in [3.63, 3.8) is 0 Å². The second-order valence-electron chi connectivity index (χ2n) is 3.43. The number of hydrogen-bond donors (Lipinski definition) is 1. The maximum Gasteiger partial charge on any atom is 0.331 e. The number of benzene rings is 1. The van der Waals surface area contributed by atoms with Crippen molar-refractivity contribution in [2.45, 2.75) is 6.42 Å². The predicted octanol–water partition coefficient (Wildman–Crippen LogP) is 2.03. The van der Waals surface area contributed by atoms with Crippen LogP contribution in [0.3, 0.4) is 0 Å². The molecular weight excluding hydrogens is 216 g/mol. The molecule has 0 atom stereocenters. The summed E-state index contributed by atoms with van der Waals surface area (Å²) in [6.07, 6.45) is 4.91. The van der Waals surface area contributed by atoms with Crippen molar-refractivity contribution in [3.05, 3.63) is 48.5 Å². The molecule has 84 valence electrons. The van der Waals surface area contributed by atoms with Crippen LogP contribution in [0.5, 0.6) is 0 Å². The first kappa shape index (κ1) is 10.9. The molecule has 1 N–H and O–H groups in total. The Kier molecular flexibility index (Phi) is 3.17. The van der Waals surface area contributed by atoms with Crippen molar-refractivity contribution >= 4 is 11.7 Å². The van der Waals surface area contributed by atoms with E-state index in [1.165, 1.54) is 17.1 Å². The molecule has 1 aromatic heterocycles. The van der Waals surface area contributed by atoms with Crippen molar-refractivity contribution < 1.29 is 4.79 Å². The molecule has 0 fully saturated rings. The van der Waals surface area contributed by atoms with E-state index in [9.17, 15) is 4.79 Å². The molecule has 5 heteroatoms. The Balaban J connectivity index is 2.05. The van der Waals surface area contributed by atoms with Crippen LogP contribution >= 0.6 is 0 Å². The summed E-state index contributed by atoms with van der Waals surface area (Å²) in [5, 5.41) is 11.2. The lowest BCUT2D eigenvalue weighted by Crippen LogP contribution is -2.17. The van der Waals surface area contributed by atoms with Crippen LogP contribution in [-0.4, -0.2) is 15.6 Å². The Morgan fingerprint density at radius 1 is 1.41 bits per heavy atom. The minimum atomic E-state index is -0.268. The quantitative estimate of drug-likeness (QED) is 0.851. The lowest BCUT2D eigenvalue weighted by atomic mass is 10.1. The fraction of sp³-hybridized carbons (Fsp3) is 0.0833. The van der Waals surface area contributed by atoms with Gasteiger partial charge in [0.15, 0.2) is 0 Å². The number of rotatable bonds is 2. The second kappa shape index (κ2) is 4.94. The highest BCUT2D eigenvalue weighted by atomic mass is 16.2. The summed E-state index contributed by atoms with van der Waals surface area (Å²) < 4.78 is 1.35. The van der Waals surface area contributed by atoms with E-state index < -0.39 is 0 Å². The Labute approximate surface area is 98.3 Å². The van der Waals surface area contributed by atoms with Gasteiger partial charge < -0.3 is 5.32 Å². The largest absolute Gasteiger partial charge is 0.331 e. The highest BCUT2D eigenvalue weighted by Crippen LogP contribution is 2.10. The highest BCUT2D eigenvalue weighted by Gasteiger charge is 2.03. The minimum absolute atomic E-state index is 0.268. The Hall–Kier alpha value is -2.61. The molecule has 0 radical (unpaired) electrons. The molecule has 5 nitrogen and oxygen atoms in total. The van der Waals surface area contributed by atoms with Gasteiger partial charge in [-0.3, -0.25) is 4.57 Å². The molecule has 0 aliphatic heterocycles.